The molecule has 7 rings (SSSR count). The maximum atomic E-state index is 14.5. The van der Waals surface area contributed by atoms with E-state index in [1.165, 1.54) is 23.5 Å². The fourth-order valence-corrected chi connectivity index (χ4v) is 8.20. The van der Waals surface area contributed by atoms with E-state index in [-0.39, 0.29) is 37.8 Å². The number of carbonyl (C=O) groups excluding carboxylic acids is 6. The molecule has 65 heavy (non-hydrogen) atoms. The largest absolute Gasteiger partial charge is 0.480 e. The molecule has 4 aromatic carbocycles. The van der Waals surface area contributed by atoms with Gasteiger partial charge in [-0.05, 0) is 70.8 Å². The second-order valence-electron chi connectivity index (χ2n) is 15.6. The number of nitrogens with one attached hydrogen (secondary N) is 6. The molecule has 6 amide bonds. The first-order valence-electron chi connectivity index (χ1n) is 21.0. The number of rotatable bonds is 12. The van der Waals surface area contributed by atoms with Gasteiger partial charge in [-0.25, -0.2) is 4.79 Å². The number of fused-ring (bicyclic) bond motifs is 18. The number of carbonyl (C=O) groups is 7. The summed E-state index contributed by atoms with van der Waals surface area (Å²) in [5.41, 5.74) is 2.93. The van der Waals surface area contributed by atoms with Crippen LogP contribution in [0.15, 0.2) is 131 Å². The molecule has 0 spiro atoms. The van der Waals surface area contributed by atoms with Crippen molar-refractivity contribution in [2.75, 3.05) is 5.32 Å². The fraction of sp³-hybridized carbons (Fsp3) is 0.271. The van der Waals surface area contributed by atoms with Crippen molar-refractivity contribution in [2.45, 2.75) is 81.3 Å². The summed E-state index contributed by atoms with van der Waals surface area (Å²) in [5.74, 6) is -6.00. The van der Waals surface area contributed by atoms with Gasteiger partial charge in [0.25, 0.3) is 5.91 Å². The summed E-state index contributed by atoms with van der Waals surface area (Å²) in [5, 5.41) is 38.9. The van der Waals surface area contributed by atoms with E-state index < -0.39 is 84.1 Å². The second-order valence-corrected chi connectivity index (χ2v) is 17.6. The monoisotopic (exact) mass is 964 g/mol. The standard InChI is InChI=1S/C48H49BrN6O9S/c49-33-18-13-31(14-19-33)24-37-44(59)52-36(22-17-29-8-3-1-4-9-29)43(58)53-38(45(60)55-40(48(63)64)26-30-10-5-2-6-11-30)25-32-15-20-34(21-16-32)50-47(62)41(56)28-42(57)51-39(46(61)54-37)27-35-12-7-23-65-35/h1-16,18-21,23,36-41,56H,17,22,24-28H2,(H,50,62)(H,51,57)(H,52,59)(H,53,58)(H,54,61)(H,55,60)(H,63,64)/t36-,37+,38-,39-,40-,41+/m0/s1. The Kier molecular flexibility index (Phi) is 17.1. The normalized spacial score (nSPS) is 20.5. The molecule has 6 atom stereocenters. The van der Waals surface area contributed by atoms with Gasteiger partial charge < -0.3 is 42.1 Å². The Hall–Kier alpha value is -6.69. The minimum atomic E-state index is -1.81. The lowest BCUT2D eigenvalue weighted by Gasteiger charge is -2.27. The molecule has 0 radical (unpaired) electrons. The molecule has 5 aromatic rings. The van der Waals surface area contributed by atoms with Gasteiger partial charge in [-0.2, -0.15) is 0 Å². The molecule has 2 aliphatic rings. The van der Waals surface area contributed by atoms with Crippen LogP contribution < -0.4 is 31.9 Å². The van der Waals surface area contributed by atoms with Crippen molar-refractivity contribution in [3.63, 3.8) is 0 Å². The number of amides is 6. The Morgan fingerprint density at radius 1 is 0.662 bits per heavy atom. The zero-order valence-electron chi connectivity index (χ0n) is 35.1. The number of aliphatic carboxylic acids is 1. The lowest BCUT2D eigenvalue weighted by molar-refractivity contribution is -0.142. The molecule has 2 aliphatic heterocycles. The van der Waals surface area contributed by atoms with Gasteiger partial charge in [0.1, 0.15) is 36.3 Å². The Balaban J connectivity index is 1.36. The molecule has 17 heteroatoms. The summed E-state index contributed by atoms with van der Waals surface area (Å²) in [6.45, 7) is 0. The van der Waals surface area contributed by atoms with Crippen LogP contribution >= 0.6 is 27.3 Å². The van der Waals surface area contributed by atoms with Gasteiger partial charge in [0.15, 0.2) is 0 Å². The number of halogens is 1. The molecular weight excluding hydrogens is 917 g/mol. The zero-order valence-corrected chi connectivity index (χ0v) is 37.5. The highest BCUT2D eigenvalue weighted by Gasteiger charge is 2.34. The van der Waals surface area contributed by atoms with Gasteiger partial charge in [0, 0.05) is 40.7 Å². The van der Waals surface area contributed by atoms with Gasteiger partial charge in [-0.15, -0.1) is 11.3 Å². The van der Waals surface area contributed by atoms with Gasteiger partial charge in [0.05, 0.1) is 6.42 Å². The number of hydrogen-bond acceptors (Lipinski definition) is 9. The Labute approximate surface area is 387 Å². The van der Waals surface area contributed by atoms with Crippen LogP contribution in [0.5, 0.6) is 0 Å². The van der Waals surface area contributed by atoms with Gasteiger partial charge >= 0.3 is 5.97 Å². The van der Waals surface area contributed by atoms with E-state index >= 15 is 0 Å². The van der Waals surface area contributed by atoms with Crippen molar-refractivity contribution in [2.24, 2.45) is 0 Å². The number of hydrogen-bond donors (Lipinski definition) is 8. The average molecular weight is 966 g/mol. The number of benzene rings is 4. The van der Waals surface area contributed by atoms with Crippen LogP contribution in [0.4, 0.5) is 5.69 Å². The zero-order chi connectivity index (χ0) is 46.3. The van der Waals surface area contributed by atoms with Crippen LogP contribution in [-0.4, -0.2) is 87.9 Å². The number of aliphatic hydroxyl groups is 1. The van der Waals surface area contributed by atoms with Crippen LogP contribution in [0.1, 0.15) is 40.0 Å². The quantitative estimate of drug-likeness (QED) is 0.0853. The third-order valence-electron chi connectivity index (χ3n) is 10.7. The molecule has 15 nitrogen and oxygen atoms in total. The van der Waals surface area contributed by atoms with Crippen LogP contribution in [0.2, 0.25) is 0 Å². The van der Waals surface area contributed by atoms with Gasteiger partial charge in [-0.1, -0.05) is 107 Å². The minimum Gasteiger partial charge on any atom is -0.480 e. The molecule has 3 heterocycles. The summed E-state index contributed by atoms with van der Waals surface area (Å²) in [6.07, 6.45) is -2.29. The van der Waals surface area contributed by atoms with E-state index in [0.29, 0.717) is 23.1 Å². The van der Waals surface area contributed by atoms with E-state index in [1.54, 1.807) is 84.2 Å². The van der Waals surface area contributed by atoms with E-state index in [0.717, 1.165) is 14.9 Å². The average Bonchev–Trinajstić information content (AvgIpc) is 3.81. The predicted molar refractivity (Wildman–Crippen MR) is 247 cm³/mol. The first-order chi connectivity index (χ1) is 31.3. The van der Waals surface area contributed by atoms with Crippen molar-refractivity contribution < 1.29 is 43.8 Å². The van der Waals surface area contributed by atoms with Crippen molar-refractivity contribution >= 4 is 74.4 Å². The number of aliphatic hydroxyl groups excluding tert-OH is 1. The highest BCUT2D eigenvalue weighted by Crippen LogP contribution is 2.17. The number of carboxylic acids is 1. The highest BCUT2D eigenvalue weighted by molar-refractivity contribution is 9.10. The molecule has 338 valence electrons. The number of carboxylic acid groups (broad SMARTS) is 1. The Morgan fingerprint density at radius 3 is 1.91 bits per heavy atom. The fourth-order valence-electron chi connectivity index (χ4n) is 7.18. The van der Waals surface area contributed by atoms with Crippen LogP contribution in [0.25, 0.3) is 0 Å². The van der Waals surface area contributed by atoms with Gasteiger partial charge in [-0.3, -0.25) is 28.8 Å². The SMILES string of the molecule is O=C1C[C@@H](O)C(=O)Nc2ccc(cc2)C[C@@H](C(=O)N[C@@H](Cc2ccccc2)C(=O)O)NC(=O)[C@H](CCc2ccccc2)NC(=O)[C@@H](Cc2ccc(Br)cc2)NC(=O)[C@H](Cc2cccs2)N1. The molecule has 0 aliphatic carbocycles. The summed E-state index contributed by atoms with van der Waals surface area (Å²) in [7, 11) is 0. The number of anilines is 1. The molecular formula is C48H49BrN6O9S. The Morgan fingerprint density at radius 2 is 1.28 bits per heavy atom. The summed E-state index contributed by atoms with van der Waals surface area (Å²) >= 11 is 4.76. The number of thiophene rings is 1. The summed E-state index contributed by atoms with van der Waals surface area (Å²) in [6, 6.07) is 28.3. The predicted octanol–water partition coefficient (Wildman–Crippen LogP) is 3.63. The summed E-state index contributed by atoms with van der Waals surface area (Å²) < 4.78 is 0.776. The maximum absolute atomic E-state index is 14.5. The third-order valence-corrected chi connectivity index (χ3v) is 12.1. The van der Waals surface area contributed by atoms with E-state index in [2.05, 4.69) is 47.8 Å². The second kappa shape index (κ2) is 23.3. The van der Waals surface area contributed by atoms with Crippen molar-refractivity contribution in [1.82, 2.24) is 26.6 Å². The molecule has 8 N–H and O–H groups in total. The highest BCUT2D eigenvalue weighted by atomic mass is 79.9. The first kappa shape index (κ1) is 47.8. The summed E-state index contributed by atoms with van der Waals surface area (Å²) in [4.78, 5) is 97.1. The lowest BCUT2D eigenvalue weighted by Crippen LogP contribution is -2.60. The van der Waals surface area contributed by atoms with E-state index in [4.69, 9.17) is 0 Å². The van der Waals surface area contributed by atoms with Crippen LogP contribution in [0, 0.1) is 0 Å². The maximum Gasteiger partial charge on any atom is 0.326 e. The topological polar surface area (TPSA) is 232 Å². The van der Waals surface area contributed by atoms with Crippen LogP contribution in [0.3, 0.4) is 0 Å². The smallest absolute Gasteiger partial charge is 0.326 e. The van der Waals surface area contributed by atoms with Crippen molar-refractivity contribution in [1.29, 1.82) is 0 Å². The molecule has 1 aromatic heterocycles. The third kappa shape index (κ3) is 14.7. The molecule has 0 unspecified atom stereocenters. The van der Waals surface area contributed by atoms with Gasteiger partial charge in [0.2, 0.25) is 29.5 Å². The van der Waals surface area contributed by atoms with Crippen molar-refractivity contribution in [3.05, 3.63) is 158 Å². The van der Waals surface area contributed by atoms with Crippen molar-refractivity contribution in [3.8, 4) is 0 Å². The first-order valence-corrected chi connectivity index (χ1v) is 22.6. The molecule has 0 saturated heterocycles. The lowest BCUT2D eigenvalue weighted by atomic mass is 10.00. The molecule has 2 bridgehead atoms. The van der Waals surface area contributed by atoms with E-state index in [1.807, 2.05) is 30.3 Å². The molecule has 0 fully saturated rings. The number of aryl methyl sites for hydroxylation is 1. The van der Waals surface area contributed by atoms with E-state index in [9.17, 15) is 43.8 Å². The van der Waals surface area contributed by atoms with Crippen LogP contribution in [-0.2, 0) is 65.7 Å². The Bertz CT molecular complexity index is 2420. The molecule has 0 saturated carbocycles. The minimum absolute atomic E-state index is 0.0240.